The van der Waals surface area contributed by atoms with Crippen LogP contribution in [0.15, 0.2) is 70.6 Å². The Labute approximate surface area is 334 Å². The minimum Gasteiger partial charge on any atom is -0.468 e. The Morgan fingerprint density at radius 3 is 1.88 bits per heavy atom. The number of fused-ring (bicyclic) bond motifs is 2. The Hall–Kier alpha value is -5.11. The van der Waals surface area contributed by atoms with Crippen molar-refractivity contribution in [2.75, 3.05) is 13.7 Å². The normalized spacial score (nSPS) is 20.1. The average molecular weight is 799 g/mol. The third-order valence-electron chi connectivity index (χ3n) is 12.0. The lowest BCUT2D eigenvalue weighted by Crippen LogP contribution is -2.36. The van der Waals surface area contributed by atoms with Crippen molar-refractivity contribution in [3.05, 3.63) is 105 Å². The molecule has 3 atom stereocenters. The first-order valence-corrected chi connectivity index (χ1v) is 19.8. The number of aliphatic hydroxyl groups excluding tert-OH is 1. The second kappa shape index (κ2) is 16.6. The maximum atomic E-state index is 13.6. The number of carbonyl (C=O) groups excluding carboxylic acids is 1. The molecule has 4 aromatic rings. The van der Waals surface area contributed by atoms with Gasteiger partial charge >= 0.3 is 19.2 Å². The zero-order valence-electron chi connectivity index (χ0n) is 32.7. The van der Waals surface area contributed by atoms with Gasteiger partial charge in [0.15, 0.2) is 0 Å². The van der Waals surface area contributed by atoms with Gasteiger partial charge in [0.1, 0.15) is 17.5 Å². The molecule has 9 nitrogen and oxygen atoms in total. The summed E-state index contributed by atoms with van der Waals surface area (Å²) in [5, 5.41) is 13.6. The van der Waals surface area contributed by atoms with E-state index in [1.807, 2.05) is 36.1 Å². The highest BCUT2D eigenvalue weighted by Crippen LogP contribution is 2.41. The fraction of sp³-hybridized carbons (Fsp3) is 0.400. The summed E-state index contributed by atoms with van der Waals surface area (Å²) in [4.78, 5) is 24.4. The lowest BCUT2D eigenvalue weighted by Gasteiger charge is -2.24. The molecule has 0 aromatic heterocycles. The van der Waals surface area contributed by atoms with Gasteiger partial charge in [-0.1, -0.05) is 36.4 Å². The molecule has 0 bridgehead atoms. The average Bonchev–Trinajstić information content (AvgIpc) is 4.00. The molecule has 0 spiro atoms. The van der Waals surface area contributed by atoms with E-state index < -0.39 is 25.4 Å². The van der Waals surface area contributed by atoms with Crippen LogP contribution >= 0.6 is 0 Å². The highest BCUT2D eigenvalue weighted by Gasteiger charge is 2.33. The summed E-state index contributed by atoms with van der Waals surface area (Å²) in [6.45, 7) is -0.739. The van der Waals surface area contributed by atoms with Crippen molar-refractivity contribution in [1.29, 1.82) is 0 Å². The quantitative estimate of drug-likeness (QED) is 0.103. The molecule has 304 valence electrons. The van der Waals surface area contributed by atoms with Gasteiger partial charge in [-0.25, -0.2) is 0 Å². The first kappa shape index (κ1) is 39.7. The van der Waals surface area contributed by atoms with E-state index in [0.717, 1.165) is 75.2 Å². The number of esters is 1. The molecule has 1 saturated heterocycles. The largest absolute Gasteiger partial charge is 0.468 e. The van der Waals surface area contributed by atoms with Gasteiger partial charge in [-0.05, 0) is 121 Å². The van der Waals surface area contributed by atoms with Crippen molar-refractivity contribution in [3.8, 4) is 22.6 Å². The molecule has 4 aliphatic rings. The fourth-order valence-corrected chi connectivity index (χ4v) is 9.05. The zero-order chi connectivity index (χ0) is 40.7. The van der Waals surface area contributed by atoms with Crippen molar-refractivity contribution in [2.24, 2.45) is 9.98 Å². The van der Waals surface area contributed by atoms with E-state index >= 15 is 0 Å². The summed E-state index contributed by atoms with van der Waals surface area (Å²) in [5.74, 6) is -0.166. The molecule has 8 rings (SSSR count). The van der Waals surface area contributed by atoms with E-state index in [1.165, 1.54) is 7.11 Å². The molecule has 1 aliphatic carbocycles. The second-order valence-electron chi connectivity index (χ2n) is 15.5. The monoisotopic (exact) mass is 798 g/mol. The van der Waals surface area contributed by atoms with E-state index in [1.54, 1.807) is 24.3 Å². The van der Waals surface area contributed by atoms with Crippen LogP contribution in [0.4, 0.5) is 28.9 Å². The van der Waals surface area contributed by atoms with E-state index in [-0.39, 0.29) is 36.6 Å². The van der Waals surface area contributed by atoms with Crippen molar-refractivity contribution >= 4 is 28.8 Å². The third kappa shape index (κ3) is 7.99. The summed E-state index contributed by atoms with van der Waals surface area (Å²) in [7, 11) is 1.35. The van der Waals surface area contributed by atoms with Gasteiger partial charge in [-0.2, -0.15) is 17.6 Å². The minimum atomic E-state index is -3.01. The molecule has 4 aromatic carbocycles. The number of aliphatic hydroxyl groups is 1. The van der Waals surface area contributed by atoms with Crippen LogP contribution in [0.2, 0.25) is 0 Å². The van der Waals surface area contributed by atoms with E-state index in [4.69, 9.17) is 24.2 Å². The van der Waals surface area contributed by atoms with Gasteiger partial charge in [0.05, 0.1) is 36.0 Å². The number of nitrogens with one attached hydrogen (secondary N) is 1. The molecule has 13 heteroatoms. The number of hydrogen-bond donors (Lipinski definition) is 2. The Kier molecular flexibility index (Phi) is 11.4. The third-order valence-corrected chi connectivity index (χ3v) is 12.0. The van der Waals surface area contributed by atoms with Crippen LogP contribution in [-0.2, 0) is 35.5 Å². The van der Waals surface area contributed by atoms with Gasteiger partial charge in [0.2, 0.25) is 0 Å². The first-order chi connectivity index (χ1) is 28.0. The van der Waals surface area contributed by atoms with Crippen LogP contribution < -0.4 is 14.8 Å². The molecule has 3 unspecified atom stereocenters. The van der Waals surface area contributed by atoms with E-state index in [2.05, 4.69) is 24.4 Å². The smallest absolute Gasteiger partial charge is 0.387 e. The highest BCUT2D eigenvalue weighted by atomic mass is 19.3. The summed E-state index contributed by atoms with van der Waals surface area (Å²) < 4.78 is 69.2. The Balaban J connectivity index is 1.06. The summed E-state index contributed by atoms with van der Waals surface area (Å²) in [6, 6.07) is 18.5. The molecular weight excluding hydrogens is 753 g/mol. The van der Waals surface area contributed by atoms with Crippen molar-refractivity contribution in [2.45, 2.75) is 103 Å². The van der Waals surface area contributed by atoms with Crippen molar-refractivity contribution in [3.63, 3.8) is 0 Å². The van der Waals surface area contributed by atoms with Crippen molar-refractivity contribution < 1.29 is 41.7 Å². The lowest BCUT2D eigenvalue weighted by atomic mass is 9.88. The molecule has 0 amide bonds. The van der Waals surface area contributed by atoms with Gasteiger partial charge in [0, 0.05) is 43.1 Å². The standard InChI is InChI=1S/C45H46F4N4O5/c1-24-30(8-4-10-32(24)37-16-26-20-41(57-44(46)47)28(18-35(26)51-37)22-50-34-12-6-14-40(34)54)31-9-5-11-33(25(31)2)38-17-27-21-42(58-45(48)49)29(19-36(27)52-38)23-53-15-7-13-39(53)43(55)56-3/h4-5,8-11,18-21,34,39-40,44-45,50,54H,6-7,12-17,22-23H2,1-3H3. The molecule has 0 radical (unpaired) electrons. The first-order valence-electron chi connectivity index (χ1n) is 19.8. The number of rotatable bonds is 13. The van der Waals surface area contributed by atoms with E-state index in [0.29, 0.717) is 54.7 Å². The molecule has 1 saturated carbocycles. The number of aliphatic imine (C=N–C) groups is 2. The maximum absolute atomic E-state index is 13.6. The number of hydrogen-bond acceptors (Lipinski definition) is 9. The van der Waals surface area contributed by atoms with Gasteiger partial charge in [-0.3, -0.25) is 19.7 Å². The molecule has 58 heavy (non-hydrogen) atoms. The molecule has 2 N–H and O–H groups in total. The lowest BCUT2D eigenvalue weighted by molar-refractivity contribution is -0.146. The highest BCUT2D eigenvalue weighted by molar-refractivity contribution is 6.10. The topological polar surface area (TPSA) is 105 Å². The van der Waals surface area contributed by atoms with Crippen LogP contribution in [0.1, 0.15) is 76.6 Å². The number of halogens is 4. The molecule has 3 heterocycles. The summed E-state index contributed by atoms with van der Waals surface area (Å²) in [5.41, 5.74) is 11.6. The predicted octanol–water partition coefficient (Wildman–Crippen LogP) is 8.67. The Morgan fingerprint density at radius 2 is 1.34 bits per heavy atom. The zero-order valence-corrected chi connectivity index (χ0v) is 32.7. The fourth-order valence-electron chi connectivity index (χ4n) is 9.05. The van der Waals surface area contributed by atoms with Crippen molar-refractivity contribution in [1.82, 2.24) is 10.2 Å². The predicted molar refractivity (Wildman–Crippen MR) is 213 cm³/mol. The number of carbonyl (C=O) groups is 1. The summed E-state index contributed by atoms with van der Waals surface area (Å²) in [6.07, 6.45) is 4.28. The number of likely N-dealkylation sites (tertiary alicyclic amines) is 1. The van der Waals surface area contributed by atoms with Gasteiger partial charge in [-0.15, -0.1) is 0 Å². The van der Waals surface area contributed by atoms with Crippen LogP contribution in [0.3, 0.4) is 0 Å². The molecule has 3 aliphatic heterocycles. The Bertz CT molecular complexity index is 2300. The van der Waals surface area contributed by atoms with Crippen LogP contribution in [0.5, 0.6) is 11.5 Å². The number of nitrogens with zero attached hydrogens (tertiary/aromatic N) is 3. The number of ether oxygens (including phenoxy) is 3. The Morgan fingerprint density at radius 1 is 0.793 bits per heavy atom. The number of methoxy groups -OCH3 is 1. The van der Waals surface area contributed by atoms with E-state index in [9.17, 15) is 27.5 Å². The minimum absolute atomic E-state index is 0.0742. The summed E-state index contributed by atoms with van der Waals surface area (Å²) >= 11 is 0. The SMILES string of the molecule is COC(=O)C1CCCN1Cc1cc2c(cc1OC(F)F)CC(c1cccc(-c3cccc(C4=Nc5cc(CNC6CCCC6O)c(OC(F)F)cc5C4)c3C)c1C)=N2. The van der Waals surface area contributed by atoms with Crippen LogP contribution in [0, 0.1) is 13.8 Å². The molecule has 2 fully saturated rings. The molecular formula is C45H46F4N4O5. The van der Waals surface area contributed by atoms with Crippen LogP contribution in [0.25, 0.3) is 11.1 Å². The number of benzene rings is 4. The van der Waals surface area contributed by atoms with Gasteiger partial charge in [0.25, 0.3) is 0 Å². The van der Waals surface area contributed by atoms with Gasteiger partial charge < -0.3 is 24.6 Å². The second-order valence-corrected chi connectivity index (χ2v) is 15.5. The maximum Gasteiger partial charge on any atom is 0.387 e. The number of alkyl halides is 4. The van der Waals surface area contributed by atoms with Crippen LogP contribution in [-0.4, -0.2) is 72.5 Å².